The molecule has 164 valence electrons. The maximum absolute atomic E-state index is 13.3. The van der Waals surface area contributed by atoms with Crippen molar-refractivity contribution >= 4 is 16.8 Å². The minimum atomic E-state index is -0.199. The van der Waals surface area contributed by atoms with Crippen molar-refractivity contribution in [2.24, 2.45) is 0 Å². The van der Waals surface area contributed by atoms with Gasteiger partial charge in [0.1, 0.15) is 18.7 Å². The van der Waals surface area contributed by atoms with Crippen molar-refractivity contribution in [3.8, 4) is 11.4 Å². The molecule has 0 spiro atoms. The summed E-state index contributed by atoms with van der Waals surface area (Å²) in [5.41, 5.74) is 2.42. The number of likely N-dealkylation sites (N-methyl/N-ethyl adjacent to an activating group) is 1. The van der Waals surface area contributed by atoms with E-state index in [4.69, 9.17) is 4.74 Å². The number of hydrogen-bond donors (Lipinski definition) is 1. The minimum Gasteiger partial charge on any atom is -0.492 e. The lowest BCUT2D eigenvalue weighted by molar-refractivity contribution is 0.0956. The van der Waals surface area contributed by atoms with Crippen molar-refractivity contribution in [3.05, 3.63) is 64.2 Å². The molecular formula is C24H30N4O3. The molecule has 3 rings (SSSR count). The maximum atomic E-state index is 13.3. The quantitative estimate of drug-likeness (QED) is 0.573. The third-order valence-electron chi connectivity index (χ3n) is 5.37. The smallest absolute Gasteiger partial charge is 0.265 e. The van der Waals surface area contributed by atoms with Crippen LogP contribution in [-0.4, -0.2) is 53.1 Å². The lowest BCUT2D eigenvalue weighted by Gasteiger charge is -2.18. The number of nitrogens with one attached hydrogen (secondary N) is 1. The number of amides is 1. The Bertz CT molecular complexity index is 1120. The van der Waals surface area contributed by atoms with Crippen LogP contribution in [0.3, 0.4) is 0 Å². The number of hydrogen-bond acceptors (Lipinski definition) is 5. The van der Waals surface area contributed by atoms with Crippen LogP contribution in [0, 0.1) is 6.92 Å². The number of carbonyl (C=O) groups is 1. The summed E-state index contributed by atoms with van der Waals surface area (Å²) in [6.45, 7) is 11.9. The van der Waals surface area contributed by atoms with Crippen molar-refractivity contribution in [1.82, 2.24) is 19.8 Å². The van der Waals surface area contributed by atoms with Gasteiger partial charge in [0.2, 0.25) is 0 Å². The van der Waals surface area contributed by atoms with Crippen LogP contribution in [0.25, 0.3) is 16.6 Å². The number of nitrogens with zero attached hydrogens (tertiary/aromatic N) is 3. The van der Waals surface area contributed by atoms with Gasteiger partial charge in [0, 0.05) is 18.7 Å². The number of aromatic nitrogens is 2. The molecule has 0 aliphatic carbocycles. The molecule has 31 heavy (non-hydrogen) atoms. The Balaban J connectivity index is 1.94. The zero-order valence-electron chi connectivity index (χ0n) is 18.6. The average molecular weight is 423 g/mol. The van der Waals surface area contributed by atoms with E-state index in [1.807, 2.05) is 26.0 Å². The number of carbonyl (C=O) groups excluding carboxylic acids is 1. The second kappa shape index (κ2) is 10.2. The molecule has 0 radical (unpaired) electrons. The Hall–Kier alpha value is -3.19. The highest BCUT2D eigenvalue weighted by Crippen LogP contribution is 2.19. The third kappa shape index (κ3) is 5.11. The van der Waals surface area contributed by atoms with Crippen molar-refractivity contribution in [1.29, 1.82) is 0 Å². The molecule has 0 bridgehead atoms. The van der Waals surface area contributed by atoms with E-state index in [1.54, 1.807) is 24.3 Å². The minimum absolute atomic E-state index is 0.172. The standard InChI is InChI=1S/C24H30N4O3/c1-5-25-23(29)18-9-8-17(4)22(14-18)28-16-26-21-11-10-19(15-20(21)24(28)30)31-13-12-27(6-2)7-3/h8-11,14-16H,5-7,12-13H2,1-4H3,(H,25,29). The van der Waals surface area contributed by atoms with E-state index in [0.717, 1.165) is 25.2 Å². The van der Waals surface area contributed by atoms with E-state index in [2.05, 4.69) is 29.0 Å². The van der Waals surface area contributed by atoms with E-state index >= 15 is 0 Å². The summed E-state index contributed by atoms with van der Waals surface area (Å²) in [6, 6.07) is 10.7. The van der Waals surface area contributed by atoms with Gasteiger partial charge < -0.3 is 15.0 Å². The normalized spacial score (nSPS) is 11.1. The molecule has 0 saturated carbocycles. The zero-order chi connectivity index (χ0) is 22.4. The molecule has 1 aromatic heterocycles. The Morgan fingerprint density at radius 1 is 1.13 bits per heavy atom. The molecule has 0 atom stereocenters. The fourth-order valence-corrected chi connectivity index (χ4v) is 3.47. The van der Waals surface area contributed by atoms with Crippen molar-refractivity contribution < 1.29 is 9.53 Å². The van der Waals surface area contributed by atoms with E-state index < -0.39 is 0 Å². The van der Waals surface area contributed by atoms with Crippen molar-refractivity contribution in [2.45, 2.75) is 27.7 Å². The predicted octanol–water partition coefficient (Wildman–Crippen LogP) is 3.16. The van der Waals surface area contributed by atoms with Crippen molar-refractivity contribution in [2.75, 3.05) is 32.8 Å². The highest BCUT2D eigenvalue weighted by Gasteiger charge is 2.12. The van der Waals surface area contributed by atoms with Gasteiger partial charge in [-0.25, -0.2) is 4.98 Å². The SMILES string of the molecule is CCNC(=O)c1ccc(C)c(-n2cnc3ccc(OCCN(CC)CC)cc3c2=O)c1. The first-order valence-corrected chi connectivity index (χ1v) is 10.7. The topological polar surface area (TPSA) is 76.5 Å². The molecule has 0 fully saturated rings. The first-order valence-electron chi connectivity index (χ1n) is 10.7. The van der Waals surface area contributed by atoms with E-state index in [0.29, 0.717) is 41.1 Å². The van der Waals surface area contributed by atoms with Crippen LogP contribution >= 0.6 is 0 Å². The number of rotatable bonds is 9. The lowest BCUT2D eigenvalue weighted by Crippen LogP contribution is -2.28. The van der Waals surface area contributed by atoms with Gasteiger partial charge in [0.15, 0.2) is 0 Å². The first-order chi connectivity index (χ1) is 15.0. The lowest BCUT2D eigenvalue weighted by atomic mass is 10.1. The Morgan fingerprint density at radius 2 is 1.90 bits per heavy atom. The molecule has 3 aromatic rings. The van der Waals surface area contributed by atoms with Crippen LogP contribution in [0.4, 0.5) is 0 Å². The van der Waals surface area contributed by atoms with E-state index in [1.165, 1.54) is 10.9 Å². The highest BCUT2D eigenvalue weighted by molar-refractivity contribution is 5.94. The molecule has 0 aliphatic heterocycles. The second-order valence-corrected chi connectivity index (χ2v) is 7.33. The summed E-state index contributed by atoms with van der Waals surface area (Å²) in [6.07, 6.45) is 1.51. The summed E-state index contributed by atoms with van der Waals surface area (Å²) in [5.74, 6) is 0.471. The third-order valence-corrected chi connectivity index (χ3v) is 5.37. The Labute approximate surface area is 182 Å². The van der Waals surface area contributed by atoms with Crippen molar-refractivity contribution in [3.63, 3.8) is 0 Å². The van der Waals surface area contributed by atoms with Gasteiger partial charge in [-0.2, -0.15) is 0 Å². The monoisotopic (exact) mass is 422 g/mol. The molecule has 7 heteroatoms. The van der Waals surface area contributed by atoms with E-state index in [9.17, 15) is 9.59 Å². The molecular weight excluding hydrogens is 392 g/mol. The van der Waals surface area contributed by atoms with Gasteiger partial charge in [-0.15, -0.1) is 0 Å². The molecule has 1 N–H and O–H groups in total. The summed E-state index contributed by atoms with van der Waals surface area (Å²) in [4.78, 5) is 32.2. The van der Waals surface area contributed by atoms with Gasteiger partial charge in [0.05, 0.1) is 16.6 Å². The molecule has 0 saturated heterocycles. The van der Waals surface area contributed by atoms with Crippen LogP contribution in [0.15, 0.2) is 47.5 Å². The fraction of sp³-hybridized carbons (Fsp3) is 0.375. The summed E-state index contributed by atoms with van der Waals surface area (Å²) in [5, 5.41) is 3.26. The Kier molecular flexibility index (Phi) is 7.41. The number of ether oxygens (including phenoxy) is 1. The summed E-state index contributed by atoms with van der Waals surface area (Å²) < 4.78 is 7.37. The summed E-state index contributed by atoms with van der Waals surface area (Å²) >= 11 is 0. The molecule has 2 aromatic carbocycles. The molecule has 1 amide bonds. The van der Waals surface area contributed by atoms with E-state index in [-0.39, 0.29) is 11.5 Å². The van der Waals surface area contributed by atoms with Crippen LogP contribution in [0.1, 0.15) is 36.7 Å². The Morgan fingerprint density at radius 3 is 2.61 bits per heavy atom. The van der Waals surface area contributed by atoms with Gasteiger partial charge in [-0.1, -0.05) is 19.9 Å². The molecule has 0 aliphatic rings. The zero-order valence-corrected chi connectivity index (χ0v) is 18.6. The summed E-state index contributed by atoms with van der Waals surface area (Å²) in [7, 11) is 0. The molecule has 1 heterocycles. The van der Waals surface area contributed by atoms with Gasteiger partial charge in [0.25, 0.3) is 11.5 Å². The number of aryl methyl sites for hydroxylation is 1. The average Bonchev–Trinajstić information content (AvgIpc) is 2.78. The van der Waals surface area contributed by atoms with Crippen LogP contribution in [0.5, 0.6) is 5.75 Å². The first kappa shape index (κ1) is 22.5. The predicted molar refractivity (Wildman–Crippen MR) is 123 cm³/mol. The maximum Gasteiger partial charge on any atom is 0.265 e. The second-order valence-electron chi connectivity index (χ2n) is 7.33. The van der Waals surface area contributed by atoms with Gasteiger partial charge in [-0.3, -0.25) is 14.2 Å². The van der Waals surface area contributed by atoms with Crippen LogP contribution in [-0.2, 0) is 0 Å². The number of fused-ring (bicyclic) bond motifs is 1. The largest absolute Gasteiger partial charge is 0.492 e. The molecule has 7 nitrogen and oxygen atoms in total. The van der Waals surface area contributed by atoms with Gasteiger partial charge >= 0.3 is 0 Å². The highest BCUT2D eigenvalue weighted by atomic mass is 16.5. The van der Waals surface area contributed by atoms with Crippen LogP contribution in [0.2, 0.25) is 0 Å². The molecule has 0 unspecified atom stereocenters. The fourth-order valence-electron chi connectivity index (χ4n) is 3.47. The van der Waals surface area contributed by atoms with Gasteiger partial charge in [-0.05, 0) is 62.8 Å². The van der Waals surface area contributed by atoms with Crippen LogP contribution < -0.4 is 15.6 Å². The number of benzene rings is 2.